The van der Waals surface area contributed by atoms with Crippen LogP contribution in [0.4, 0.5) is 17.1 Å². The Morgan fingerprint density at radius 2 is 1.53 bits per heavy atom. The third kappa shape index (κ3) is 5.38. The first kappa shape index (κ1) is 24.4. The summed E-state index contributed by atoms with van der Waals surface area (Å²) in [5.41, 5.74) is 1.90. The molecule has 3 aromatic carbocycles. The molecule has 0 aromatic heterocycles. The highest BCUT2D eigenvalue weighted by atomic mass is 32.2. The van der Waals surface area contributed by atoms with E-state index in [1.165, 1.54) is 56.5 Å². The lowest BCUT2D eigenvalue weighted by Crippen LogP contribution is -2.15. The number of methoxy groups -OCH3 is 1. The summed E-state index contributed by atoms with van der Waals surface area (Å²) in [7, 11) is -2.83. The van der Waals surface area contributed by atoms with Crippen molar-refractivity contribution in [1.29, 1.82) is 0 Å². The molecule has 34 heavy (non-hydrogen) atoms. The zero-order chi connectivity index (χ0) is 25.0. The van der Waals surface area contributed by atoms with Gasteiger partial charge in [-0.2, -0.15) is 0 Å². The van der Waals surface area contributed by atoms with E-state index >= 15 is 0 Å². The lowest BCUT2D eigenvalue weighted by atomic mass is 10.1. The van der Waals surface area contributed by atoms with Crippen LogP contribution in [-0.2, 0) is 14.8 Å². The molecule has 10 nitrogen and oxygen atoms in total. The summed E-state index contributed by atoms with van der Waals surface area (Å²) < 4.78 is 32.3. The second kappa shape index (κ2) is 9.71. The van der Waals surface area contributed by atoms with E-state index in [0.29, 0.717) is 11.3 Å². The van der Waals surface area contributed by atoms with Crippen molar-refractivity contribution in [1.82, 2.24) is 0 Å². The predicted octanol–water partition coefficient (Wildman–Crippen LogP) is 4.05. The van der Waals surface area contributed by atoms with E-state index in [4.69, 9.17) is 0 Å². The molecule has 2 N–H and O–H groups in total. The zero-order valence-electron chi connectivity index (χ0n) is 18.5. The summed E-state index contributed by atoms with van der Waals surface area (Å²) in [6.45, 7) is 3.28. The van der Waals surface area contributed by atoms with Crippen LogP contribution in [0.5, 0.6) is 0 Å². The molecule has 0 unspecified atom stereocenters. The molecule has 0 spiro atoms. The summed E-state index contributed by atoms with van der Waals surface area (Å²) in [6.07, 6.45) is 0. The molecular formula is C23H21N3O7S. The maximum absolute atomic E-state index is 12.6. The number of aryl methyl sites for hydroxylation is 2. The molecule has 1 amide bonds. The van der Waals surface area contributed by atoms with E-state index < -0.39 is 26.8 Å². The van der Waals surface area contributed by atoms with Crippen LogP contribution in [0, 0.1) is 24.0 Å². The third-order valence-corrected chi connectivity index (χ3v) is 6.37. The fraction of sp³-hybridized carbons (Fsp3) is 0.130. The summed E-state index contributed by atoms with van der Waals surface area (Å²) in [4.78, 5) is 34.6. The second-order valence-corrected chi connectivity index (χ2v) is 9.05. The van der Waals surface area contributed by atoms with Crippen LogP contribution in [-0.4, -0.2) is 32.3 Å². The molecule has 0 bridgehead atoms. The Morgan fingerprint density at radius 1 is 0.912 bits per heavy atom. The standard InChI is InChI=1S/C23H21N3O7S/c1-14-4-6-17(23(28)33-3)12-20(14)24-22(27)16-7-9-18(10-8-16)25-34(31,32)19-11-5-15(2)21(13-19)26(29)30/h4-13,25H,1-3H3,(H,24,27). The van der Waals surface area contributed by atoms with Gasteiger partial charge in [-0.15, -0.1) is 0 Å². The number of amides is 1. The number of carbonyl (C=O) groups is 2. The molecule has 0 aliphatic carbocycles. The molecule has 0 radical (unpaired) electrons. The van der Waals surface area contributed by atoms with Crippen LogP contribution in [0.2, 0.25) is 0 Å². The van der Waals surface area contributed by atoms with E-state index in [1.807, 2.05) is 0 Å². The van der Waals surface area contributed by atoms with Gasteiger partial charge in [0.05, 0.1) is 22.5 Å². The summed E-state index contributed by atoms with van der Waals surface area (Å²) in [5, 5.41) is 13.8. The van der Waals surface area contributed by atoms with Gasteiger partial charge in [-0.25, -0.2) is 13.2 Å². The smallest absolute Gasteiger partial charge is 0.337 e. The lowest BCUT2D eigenvalue weighted by Gasteiger charge is -2.11. The number of hydrogen-bond acceptors (Lipinski definition) is 7. The van der Waals surface area contributed by atoms with E-state index in [1.54, 1.807) is 19.1 Å². The van der Waals surface area contributed by atoms with Crippen molar-refractivity contribution >= 4 is 39.0 Å². The van der Waals surface area contributed by atoms with Gasteiger partial charge in [0.15, 0.2) is 0 Å². The minimum absolute atomic E-state index is 0.170. The van der Waals surface area contributed by atoms with Crippen LogP contribution < -0.4 is 10.0 Å². The van der Waals surface area contributed by atoms with Gasteiger partial charge >= 0.3 is 5.97 Å². The molecule has 0 atom stereocenters. The van der Waals surface area contributed by atoms with Crippen molar-refractivity contribution in [3.8, 4) is 0 Å². The second-order valence-electron chi connectivity index (χ2n) is 7.36. The van der Waals surface area contributed by atoms with Crippen molar-refractivity contribution in [3.05, 3.63) is 93.0 Å². The Bertz CT molecular complexity index is 1380. The SMILES string of the molecule is COC(=O)c1ccc(C)c(NC(=O)c2ccc(NS(=O)(=O)c3ccc(C)c([N+](=O)[O-])c3)cc2)c1. The Kier molecular flexibility index (Phi) is 6.97. The zero-order valence-corrected chi connectivity index (χ0v) is 19.3. The van der Waals surface area contributed by atoms with E-state index in [0.717, 1.165) is 11.6 Å². The first-order chi connectivity index (χ1) is 16.0. The number of carbonyl (C=O) groups excluding carboxylic acids is 2. The minimum Gasteiger partial charge on any atom is -0.465 e. The van der Waals surface area contributed by atoms with E-state index in [9.17, 15) is 28.1 Å². The predicted molar refractivity (Wildman–Crippen MR) is 126 cm³/mol. The van der Waals surface area contributed by atoms with Gasteiger partial charge in [0.1, 0.15) is 0 Å². The number of anilines is 2. The van der Waals surface area contributed by atoms with Gasteiger partial charge in [-0.05, 0) is 61.9 Å². The number of sulfonamides is 1. The number of benzene rings is 3. The maximum Gasteiger partial charge on any atom is 0.337 e. The van der Waals surface area contributed by atoms with Gasteiger partial charge in [-0.1, -0.05) is 12.1 Å². The normalized spacial score (nSPS) is 10.9. The van der Waals surface area contributed by atoms with Crippen molar-refractivity contribution in [2.45, 2.75) is 18.7 Å². The van der Waals surface area contributed by atoms with Crippen LogP contribution in [0.1, 0.15) is 31.8 Å². The number of ether oxygens (including phenoxy) is 1. The summed E-state index contributed by atoms with van der Waals surface area (Å²) in [5.74, 6) is -1.00. The minimum atomic E-state index is -4.09. The molecule has 11 heteroatoms. The highest BCUT2D eigenvalue weighted by Gasteiger charge is 2.20. The lowest BCUT2D eigenvalue weighted by molar-refractivity contribution is -0.385. The van der Waals surface area contributed by atoms with Crippen LogP contribution >= 0.6 is 0 Å². The molecule has 0 fully saturated rings. The molecular weight excluding hydrogens is 462 g/mol. The van der Waals surface area contributed by atoms with Crippen LogP contribution in [0.25, 0.3) is 0 Å². The van der Waals surface area contributed by atoms with Crippen molar-refractivity contribution in [2.75, 3.05) is 17.1 Å². The van der Waals surface area contributed by atoms with Crippen LogP contribution in [0.3, 0.4) is 0 Å². The first-order valence-corrected chi connectivity index (χ1v) is 11.4. The Hall–Kier alpha value is -4.25. The van der Waals surface area contributed by atoms with Gasteiger partial charge in [0, 0.05) is 28.6 Å². The maximum atomic E-state index is 12.6. The summed E-state index contributed by atoms with van der Waals surface area (Å²) in [6, 6.07) is 14.0. The Balaban J connectivity index is 1.77. The van der Waals surface area contributed by atoms with Gasteiger partial charge < -0.3 is 10.1 Å². The van der Waals surface area contributed by atoms with Gasteiger partial charge in [-0.3, -0.25) is 19.6 Å². The van der Waals surface area contributed by atoms with Crippen molar-refractivity contribution < 1.29 is 27.7 Å². The molecule has 0 aliphatic heterocycles. The average molecular weight is 484 g/mol. The number of hydrogen-bond donors (Lipinski definition) is 2. The third-order valence-electron chi connectivity index (χ3n) is 4.99. The van der Waals surface area contributed by atoms with E-state index in [2.05, 4.69) is 14.8 Å². The number of nitro groups is 1. The number of esters is 1. The van der Waals surface area contributed by atoms with Crippen molar-refractivity contribution in [3.63, 3.8) is 0 Å². The molecule has 176 valence electrons. The topological polar surface area (TPSA) is 145 Å². The first-order valence-electron chi connectivity index (χ1n) is 9.90. The molecule has 0 saturated heterocycles. The van der Waals surface area contributed by atoms with Crippen LogP contribution in [0.15, 0.2) is 65.6 Å². The molecule has 0 heterocycles. The number of nitro benzene ring substituents is 1. The number of rotatable bonds is 7. The quantitative estimate of drug-likeness (QED) is 0.293. The largest absolute Gasteiger partial charge is 0.465 e. The Labute approximate surface area is 195 Å². The van der Waals surface area contributed by atoms with E-state index in [-0.39, 0.29) is 27.4 Å². The molecule has 3 rings (SSSR count). The monoisotopic (exact) mass is 483 g/mol. The number of nitrogens with one attached hydrogen (secondary N) is 2. The highest BCUT2D eigenvalue weighted by Crippen LogP contribution is 2.24. The Morgan fingerprint density at radius 3 is 2.15 bits per heavy atom. The van der Waals surface area contributed by atoms with Crippen molar-refractivity contribution in [2.24, 2.45) is 0 Å². The summed E-state index contributed by atoms with van der Waals surface area (Å²) >= 11 is 0. The number of nitrogens with zero attached hydrogens (tertiary/aromatic N) is 1. The average Bonchev–Trinajstić information content (AvgIpc) is 2.80. The molecule has 0 saturated carbocycles. The van der Waals surface area contributed by atoms with Gasteiger partial charge in [0.2, 0.25) is 0 Å². The molecule has 3 aromatic rings. The van der Waals surface area contributed by atoms with Gasteiger partial charge in [0.25, 0.3) is 21.6 Å². The molecule has 0 aliphatic rings. The fourth-order valence-electron chi connectivity index (χ4n) is 3.05. The highest BCUT2D eigenvalue weighted by molar-refractivity contribution is 7.92. The fourth-order valence-corrected chi connectivity index (χ4v) is 4.13.